The molecule has 0 spiro atoms. The molecule has 1 aromatic rings. The number of hydrogen-bond acceptors (Lipinski definition) is 3. The lowest BCUT2D eigenvalue weighted by molar-refractivity contribution is 0.0600. The van der Waals surface area contributed by atoms with Gasteiger partial charge in [-0.25, -0.2) is 4.79 Å². The Balaban J connectivity index is 1.97. The second kappa shape index (κ2) is 6.20. The molecule has 19 heavy (non-hydrogen) atoms. The Morgan fingerprint density at radius 2 is 1.79 bits per heavy atom. The first-order chi connectivity index (χ1) is 9.08. The van der Waals surface area contributed by atoms with E-state index < -0.39 is 0 Å². The summed E-state index contributed by atoms with van der Waals surface area (Å²) in [6.07, 6.45) is 1.33. The molecule has 1 heterocycles. The van der Waals surface area contributed by atoms with Crippen molar-refractivity contribution in [3.05, 3.63) is 35.4 Å². The molecule has 0 amide bonds. The maximum atomic E-state index is 11.4. The van der Waals surface area contributed by atoms with Gasteiger partial charge in [-0.1, -0.05) is 26.0 Å². The zero-order valence-corrected chi connectivity index (χ0v) is 12.1. The van der Waals surface area contributed by atoms with E-state index in [1.807, 2.05) is 24.3 Å². The molecule has 3 nitrogen and oxygen atoms in total. The summed E-state index contributed by atoms with van der Waals surface area (Å²) in [4.78, 5) is 13.9. The quantitative estimate of drug-likeness (QED) is 0.783. The summed E-state index contributed by atoms with van der Waals surface area (Å²) in [5.41, 5.74) is 1.88. The number of carbonyl (C=O) groups excluding carboxylic acids is 1. The number of esters is 1. The number of carbonyl (C=O) groups is 1. The first-order valence-electron chi connectivity index (χ1n) is 6.98. The molecular weight excluding hydrogens is 238 g/mol. The largest absolute Gasteiger partial charge is 0.465 e. The van der Waals surface area contributed by atoms with Crippen molar-refractivity contribution in [1.29, 1.82) is 0 Å². The first kappa shape index (κ1) is 14.1. The zero-order chi connectivity index (χ0) is 13.8. The van der Waals surface area contributed by atoms with Gasteiger partial charge in [0.1, 0.15) is 0 Å². The van der Waals surface area contributed by atoms with Crippen LogP contribution in [0.3, 0.4) is 0 Å². The van der Waals surface area contributed by atoms with E-state index >= 15 is 0 Å². The highest BCUT2D eigenvalue weighted by Gasteiger charge is 2.21. The van der Waals surface area contributed by atoms with Gasteiger partial charge in [0.25, 0.3) is 0 Å². The van der Waals surface area contributed by atoms with Gasteiger partial charge in [-0.05, 0) is 36.0 Å². The SMILES string of the molecule is COC(=O)c1ccc(CN2C[C@H](C)C[C@H](C)C2)cc1. The predicted molar refractivity (Wildman–Crippen MR) is 76.0 cm³/mol. The maximum absolute atomic E-state index is 11.4. The highest BCUT2D eigenvalue weighted by molar-refractivity contribution is 5.89. The van der Waals surface area contributed by atoms with Crippen LogP contribution in [0.4, 0.5) is 0 Å². The molecule has 0 aromatic heterocycles. The molecule has 2 atom stereocenters. The van der Waals surface area contributed by atoms with Crippen LogP contribution in [0.1, 0.15) is 36.2 Å². The molecule has 1 fully saturated rings. The number of ether oxygens (including phenoxy) is 1. The minimum Gasteiger partial charge on any atom is -0.465 e. The second-order valence-corrected chi connectivity index (χ2v) is 5.83. The second-order valence-electron chi connectivity index (χ2n) is 5.83. The highest BCUT2D eigenvalue weighted by Crippen LogP contribution is 2.22. The number of piperidine rings is 1. The molecule has 0 radical (unpaired) electrons. The standard InChI is InChI=1S/C16H23NO2/c1-12-8-13(2)10-17(9-12)11-14-4-6-15(7-5-14)16(18)19-3/h4-7,12-13H,8-11H2,1-3H3/t12-,13+. The van der Waals surface area contributed by atoms with Crippen molar-refractivity contribution in [2.45, 2.75) is 26.8 Å². The Labute approximate surface area is 115 Å². The van der Waals surface area contributed by atoms with E-state index in [-0.39, 0.29) is 5.97 Å². The molecule has 0 bridgehead atoms. The monoisotopic (exact) mass is 261 g/mol. The summed E-state index contributed by atoms with van der Waals surface area (Å²) in [6, 6.07) is 7.74. The molecule has 0 N–H and O–H groups in total. The fraction of sp³-hybridized carbons (Fsp3) is 0.562. The summed E-state index contributed by atoms with van der Waals surface area (Å²) >= 11 is 0. The number of rotatable bonds is 3. The van der Waals surface area contributed by atoms with Crippen LogP contribution < -0.4 is 0 Å². The number of benzene rings is 1. The lowest BCUT2D eigenvalue weighted by atomic mass is 9.91. The van der Waals surface area contributed by atoms with Crippen LogP contribution in [0.25, 0.3) is 0 Å². The van der Waals surface area contributed by atoms with Crippen molar-refractivity contribution in [3.8, 4) is 0 Å². The fourth-order valence-corrected chi connectivity index (χ4v) is 3.04. The van der Waals surface area contributed by atoms with Crippen molar-refractivity contribution < 1.29 is 9.53 Å². The van der Waals surface area contributed by atoms with Gasteiger partial charge < -0.3 is 4.74 Å². The molecular formula is C16H23NO2. The summed E-state index contributed by atoms with van der Waals surface area (Å²) < 4.78 is 4.70. The molecule has 1 aliphatic heterocycles. The van der Waals surface area contributed by atoms with Crippen LogP contribution in [-0.4, -0.2) is 31.1 Å². The number of nitrogens with zero attached hydrogens (tertiary/aromatic N) is 1. The minimum atomic E-state index is -0.272. The van der Waals surface area contributed by atoms with Gasteiger partial charge in [0.15, 0.2) is 0 Å². The van der Waals surface area contributed by atoms with Crippen LogP contribution in [-0.2, 0) is 11.3 Å². The Kier molecular flexibility index (Phi) is 4.59. The number of hydrogen-bond donors (Lipinski definition) is 0. The summed E-state index contributed by atoms with van der Waals surface area (Å²) in [5.74, 6) is 1.28. The molecule has 104 valence electrons. The van der Waals surface area contributed by atoms with E-state index in [4.69, 9.17) is 4.74 Å². The van der Waals surface area contributed by atoms with Crippen molar-refractivity contribution in [3.63, 3.8) is 0 Å². The summed E-state index contributed by atoms with van der Waals surface area (Å²) in [6.45, 7) is 7.95. The Hall–Kier alpha value is -1.35. The van der Waals surface area contributed by atoms with E-state index in [0.29, 0.717) is 5.56 Å². The normalized spacial score (nSPS) is 24.2. The Morgan fingerprint density at radius 1 is 1.21 bits per heavy atom. The fourth-order valence-electron chi connectivity index (χ4n) is 3.04. The van der Waals surface area contributed by atoms with Crippen LogP contribution in [0.5, 0.6) is 0 Å². The van der Waals surface area contributed by atoms with Gasteiger partial charge >= 0.3 is 5.97 Å². The van der Waals surface area contributed by atoms with Crippen LogP contribution in [0.2, 0.25) is 0 Å². The minimum absolute atomic E-state index is 0.272. The molecule has 0 saturated carbocycles. The molecule has 3 heteroatoms. The predicted octanol–water partition coefficient (Wildman–Crippen LogP) is 2.95. The van der Waals surface area contributed by atoms with Gasteiger partial charge in [0.05, 0.1) is 12.7 Å². The van der Waals surface area contributed by atoms with E-state index in [9.17, 15) is 4.79 Å². The lowest BCUT2D eigenvalue weighted by Crippen LogP contribution is -2.38. The van der Waals surface area contributed by atoms with E-state index in [1.165, 1.54) is 32.2 Å². The smallest absolute Gasteiger partial charge is 0.337 e. The molecule has 1 aliphatic rings. The third-order valence-electron chi connectivity index (χ3n) is 3.73. The topological polar surface area (TPSA) is 29.5 Å². The van der Waals surface area contributed by atoms with Gasteiger partial charge in [0.2, 0.25) is 0 Å². The summed E-state index contributed by atoms with van der Waals surface area (Å²) in [7, 11) is 1.41. The number of likely N-dealkylation sites (tertiary alicyclic amines) is 1. The van der Waals surface area contributed by atoms with Gasteiger partial charge in [-0.3, -0.25) is 4.90 Å². The van der Waals surface area contributed by atoms with Gasteiger partial charge in [-0.2, -0.15) is 0 Å². The molecule has 2 rings (SSSR count). The summed E-state index contributed by atoms with van der Waals surface area (Å²) in [5, 5.41) is 0. The zero-order valence-electron chi connectivity index (χ0n) is 12.1. The van der Waals surface area contributed by atoms with Crippen LogP contribution in [0.15, 0.2) is 24.3 Å². The van der Waals surface area contributed by atoms with Crippen molar-refractivity contribution in [2.75, 3.05) is 20.2 Å². The molecule has 0 aliphatic carbocycles. The van der Waals surface area contributed by atoms with Crippen molar-refractivity contribution >= 4 is 5.97 Å². The van der Waals surface area contributed by atoms with E-state index in [0.717, 1.165) is 18.4 Å². The van der Waals surface area contributed by atoms with Crippen molar-refractivity contribution in [2.24, 2.45) is 11.8 Å². The van der Waals surface area contributed by atoms with E-state index in [1.54, 1.807) is 0 Å². The van der Waals surface area contributed by atoms with E-state index in [2.05, 4.69) is 18.7 Å². The molecule has 1 aromatic carbocycles. The number of methoxy groups -OCH3 is 1. The van der Waals surface area contributed by atoms with Crippen molar-refractivity contribution in [1.82, 2.24) is 4.90 Å². The third kappa shape index (κ3) is 3.80. The molecule has 0 unspecified atom stereocenters. The van der Waals surface area contributed by atoms with Crippen LogP contribution >= 0.6 is 0 Å². The van der Waals surface area contributed by atoms with Gasteiger partial charge in [0, 0.05) is 19.6 Å². The average molecular weight is 261 g/mol. The Morgan fingerprint density at radius 3 is 2.32 bits per heavy atom. The Bertz CT molecular complexity index is 417. The molecule has 1 saturated heterocycles. The van der Waals surface area contributed by atoms with Crippen LogP contribution in [0, 0.1) is 11.8 Å². The third-order valence-corrected chi connectivity index (χ3v) is 3.73. The lowest BCUT2D eigenvalue weighted by Gasteiger charge is -2.35. The highest BCUT2D eigenvalue weighted by atomic mass is 16.5. The first-order valence-corrected chi connectivity index (χ1v) is 6.98. The average Bonchev–Trinajstić information content (AvgIpc) is 2.37. The maximum Gasteiger partial charge on any atom is 0.337 e. The van der Waals surface area contributed by atoms with Gasteiger partial charge in [-0.15, -0.1) is 0 Å².